The van der Waals surface area contributed by atoms with Gasteiger partial charge in [-0.3, -0.25) is 9.59 Å². The first-order valence-corrected chi connectivity index (χ1v) is 8.88. The van der Waals surface area contributed by atoms with Crippen LogP contribution < -0.4 is 10.1 Å². The van der Waals surface area contributed by atoms with Gasteiger partial charge in [-0.1, -0.05) is 12.1 Å². The lowest BCUT2D eigenvalue weighted by atomic mass is 10.2. The van der Waals surface area contributed by atoms with Gasteiger partial charge >= 0.3 is 0 Å². The molecule has 1 saturated heterocycles. The van der Waals surface area contributed by atoms with E-state index in [2.05, 4.69) is 5.32 Å². The summed E-state index contributed by atoms with van der Waals surface area (Å²) >= 11 is 0. The van der Waals surface area contributed by atoms with E-state index in [0.29, 0.717) is 24.5 Å². The fraction of sp³-hybridized carbons (Fsp3) is 0.579. The lowest BCUT2D eigenvalue weighted by Gasteiger charge is -2.24. The number of nitrogens with one attached hydrogen (secondary N) is 1. The number of rotatable bonds is 8. The van der Waals surface area contributed by atoms with Gasteiger partial charge < -0.3 is 19.7 Å². The maximum atomic E-state index is 12.3. The number of hydrogen-bond acceptors (Lipinski definition) is 4. The van der Waals surface area contributed by atoms with Crippen molar-refractivity contribution in [2.75, 3.05) is 25.0 Å². The van der Waals surface area contributed by atoms with Gasteiger partial charge in [-0.2, -0.15) is 0 Å². The van der Waals surface area contributed by atoms with E-state index >= 15 is 0 Å². The van der Waals surface area contributed by atoms with E-state index < -0.39 is 0 Å². The zero-order valence-corrected chi connectivity index (χ0v) is 15.3. The first kappa shape index (κ1) is 19.2. The Balaban J connectivity index is 1.87. The number of para-hydroxylation sites is 2. The van der Waals surface area contributed by atoms with Crippen LogP contribution in [0.25, 0.3) is 0 Å². The number of amides is 2. The van der Waals surface area contributed by atoms with Crippen LogP contribution in [-0.4, -0.2) is 48.6 Å². The minimum absolute atomic E-state index is 0.0256. The number of ether oxygens (including phenoxy) is 2. The molecule has 1 unspecified atom stereocenters. The summed E-state index contributed by atoms with van der Waals surface area (Å²) in [5, 5.41) is 2.87. The maximum absolute atomic E-state index is 12.3. The minimum Gasteiger partial charge on any atom is -0.489 e. The second-order valence-electron chi connectivity index (χ2n) is 6.56. The summed E-state index contributed by atoms with van der Waals surface area (Å²) in [5.41, 5.74) is 0.648. The van der Waals surface area contributed by atoms with Crippen LogP contribution in [0.4, 0.5) is 5.69 Å². The molecule has 1 aliphatic heterocycles. The zero-order valence-electron chi connectivity index (χ0n) is 15.3. The van der Waals surface area contributed by atoms with E-state index in [1.807, 2.05) is 38.1 Å². The summed E-state index contributed by atoms with van der Waals surface area (Å²) in [7, 11) is 0. The molecule has 1 atom stereocenters. The number of carbonyl (C=O) groups excluding carboxylic acids is 2. The average Bonchev–Trinajstić information content (AvgIpc) is 3.05. The monoisotopic (exact) mass is 348 g/mol. The second-order valence-corrected chi connectivity index (χ2v) is 6.56. The third kappa shape index (κ3) is 6.38. The molecule has 0 aromatic heterocycles. The quantitative estimate of drug-likeness (QED) is 0.784. The Morgan fingerprint density at radius 2 is 2.12 bits per heavy atom. The molecule has 1 heterocycles. The van der Waals surface area contributed by atoms with E-state index in [9.17, 15) is 9.59 Å². The fourth-order valence-electron chi connectivity index (χ4n) is 2.79. The Kier molecular flexibility index (Phi) is 7.25. The molecule has 0 saturated carbocycles. The van der Waals surface area contributed by atoms with Crippen molar-refractivity contribution in [2.24, 2.45) is 0 Å². The van der Waals surface area contributed by atoms with E-state index in [4.69, 9.17) is 9.47 Å². The minimum atomic E-state index is -0.140. The smallest absolute Gasteiger partial charge is 0.226 e. The molecule has 6 heteroatoms. The van der Waals surface area contributed by atoms with E-state index in [-0.39, 0.29) is 30.4 Å². The van der Waals surface area contributed by atoms with Gasteiger partial charge in [-0.05, 0) is 38.8 Å². The summed E-state index contributed by atoms with van der Waals surface area (Å²) < 4.78 is 11.3. The maximum Gasteiger partial charge on any atom is 0.226 e. The SMILES string of the molecule is CC(=O)N(CCC(=O)Nc1ccccc1OC(C)C)CC1CCCO1. The molecular formula is C19H28N2O4. The summed E-state index contributed by atoms with van der Waals surface area (Å²) in [5.74, 6) is 0.471. The third-order valence-electron chi connectivity index (χ3n) is 4.03. The largest absolute Gasteiger partial charge is 0.489 e. The van der Waals surface area contributed by atoms with Crippen molar-refractivity contribution in [3.05, 3.63) is 24.3 Å². The Bertz CT molecular complexity index is 583. The van der Waals surface area contributed by atoms with E-state index in [1.165, 1.54) is 6.92 Å². The van der Waals surface area contributed by atoms with Gasteiger partial charge in [0.1, 0.15) is 5.75 Å². The van der Waals surface area contributed by atoms with E-state index in [0.717, 1.165) is 19.4 Å². The fourth-order valence-corrected chi connectivity index (χ4v) is 2.79. The first-order valence-electron chi connectivity index (χ1n) is 8.88. The van der Waals surface area contributed by atoms with Crippen LogP contribution in [0.15, 0.2) is 24.3 Å². The summed E-state index contributed by atoms with van der Waals surface area (Å²) in [6.07, 6.45) is 2.35. The van der Waals surface area contributed by atoms with Crippen LogP contribution in [0.3, 0.4) is 0 Å². The highest BCUT2D eigenvalue weighted by Crippen LogP contribution is 2.25. The number of nitrogens with zero attached hydrogens (tertiary/aromatic N) is 1. The van der Waals surface area contributed by atoms with Gasteiger partial charge in [0.15, 0.2) is 0 Å². The molecule has 138 valence electrons. The predicted molar refractivity (Wildman–Crippen MR) is 96.7 cm³/mol. The summed E-state index contributed by atoms with van der Waals surface area (Å²) in [6, 6.07) is 7.36. The Morgan fingerprint density at radius 3 is 2.76 bits per heavy atom. The van der Waals surface area contributed by atoms with Crippen molar-refractivity contribution in [3.63, 3.8) is 0 Å². The van der Waals surface area contributed by atoms with Crippen LogP contribution in [-0.2, 0) is 14.3 Å². The molecule has 2 rings (SSSR count). The number of carbonyl (C=O) groups is 2. The lowest BCUT2D eigenvalue weighted by Crippen LogP contribution is -2.37. The Morgan fingerprint density at radius 1 is 1.36 bits per heavy atom. The molecule has 1 N–H and O–H groups in total. The number of hydrogen-bond donors (Lipinski definition) is 1. The molecule has 0 aliphatic carbocycles. The number of anilines is 1. The van der Waals surface area contributed by atoms with Crippen LogP contribution >= 0.6 is 0 Å². The molecule has 6 nitrogen and oxygen atoms in total. The lowest BCUT2D eigenvalue weighted by molar-refractivity contribution is -0.130. The molecule has 2 amide bonds. The molecule has 0 spiro atoms. The molecule has 1 aromatic rings. The standard InChI is InChI=1S/C19H28N2O4/c1-14(2)25-18-9-5-4-8-17(18)20-19(23)10-11-21(15(3)22)13-16-7-6-12-24-16/h4-5,8-9,14,16H,6-7,10-13H2,1-3H3,(H,20,23). The zero-order chi connectivity index (χ0) is 18.2. The van der Waals surface area contributed by atoms with Crippen molar-refractivity contribution >= 4 is 17.5 Å². The van der Waals surface area contributed by atoms with Crippen molar-refractivity contribution in [3.8, 4) is 5.75 Å². The second kappa shape index (κ2) is 9.42. The van der Waals surface area contributed by atoms with Gasteiger partial charge in [-0.15, -0.1) is 0 Å². The van der Waals surface area contributed by atoms with Crippen LogP contribution in [0.1, 0.15) is 40.0 Å². The van der Waals surface area contributed by atoms with Crippen LogP contribution in [0.2, 0.25) is 0 Å². The molecule has 1 fully saturated rings. The van der Waals surface area contributed by atoms with Gasteiger partial charge in [0, 0.05) is 33.0 Å². The molecule has 25 heavy (non-hydrogen) atoms. The van der Waals surface area contributed by atoms with Crippen LogP contribution in [0.5, 0.6) is 5.75 Å². The van der Waals surface area contributed by atoms with Gasteiger partial charge in [-0.25, -0.2) is 0 Å². The van der Waals surface area contributed by atoms with E-state index in [1.54, 1.807) is 4.90 Å². The molecule has 0 bridgehead atoms. The molecule has 0 radical (unpaired) electrons. The van der Waals surface area contributed by atoms with Gasteiger partial charge in [0.2, 0.25) is 11.8 Å². The highest BCUT2D eigenvalue weighted by molar-refractivity contribution is 5.92. The van der Waals surface area contributed by atoms with Crippen LogP contribution in [0, 0.1) is 0 Å². The number of benzene rings is 1. The summed E-state index contributed by atoms with van der Waals surface area (Å²) in [6.45, 7) is 7.09. The van der Waals surface area contributed by atoms with Crippen molar-refractivity contribution in [1.29, 1.82) is 0 Å². The summed E-state index contributed by atoms with van der Waals surface area (Å²) in [4.78, 5) is 25.8. The first-order chi connectivity index (χ1) is 12.0. The van der Waals surface area contributed by atoms with Gasteiger partial charge in [0.05, 0.1) is 17.9 Å². The topological polar surface area (TPSA) is 67.9 Å². The molecule has 1 aromatic carbocycles. The normalized spacial score (nSPS) is 16.7. The highest BCUT2D eigenvalue weighted by atomic mass is 16.5. The molecule has 1 aliphatic rings. The van der Waals surface area contributed by atoms with Crippen molar-refractivity contribution in [2.45, 2.75) is 52.2 Å². The predicted octanol–water partition coefficient (Wildman–Crippen LogP) is 2.83. The van der Waals surface area contributed by atoms with Crippen molar-refractivity contribution < 1.29 is 19.1 Å². The van der Waals surface area contributed by atoms with Gasteiger partial charge in [0.25, 0.3) is 0 Å². The average molecular weight is 348 g/mol. The third-order valence-corrected chi connectivity index (χ3v) is 4.03. The van der Waals surface area contributed by atoms with Crippen molar-refractivity contribution in [1.82, 2.24) is 4.90 Å². The Labute approximate surface area is 149 Å². The molecular weight excluding hydrogens is 320 g/mol. The Hall–Kier alpha value is -2.08. The highest BCUT2D eigenvalue weighted by Gasteiger charge is 2.21.